The molecule has 8 aromatic carbocycles. The molecule has 11 rings (SSSR count). The van der Waals surface area contributed by atoms with Gasteiger partial charge in [0.1, 0.15) is 11.2 Å². The smallest absolute Gasteiger partial charge is 0.137 e. The summed E-state index contributed by atoms with van der Waals surface area (Å²) in [6, 6.07) is 63.5. The summed E-state index contributed by atoms with van der Waals surface area (Å²) in [6.07, 6.45) is 0. The van der Waals surface area contributed by atoms with Crippen molar-refractivity contribution in [1.82, 2.24) is 0 Å². The fraction of sp³-hybridized carbons (Fsp3) is 0. The molecule has 0 aliphatic heterocycles. The van der Waals surface area contributed by atoms with E-state index >= 15 is 0 Å². The standard InChI is InChI=1S/C48H29NOS2/c1-3-13-30(14-4-1)33-18-9-20-37-38-21-11-24-41(48(38)52-46(33)37)49(32-27-28-36-35-17-7-8-25-42(35)50-43(36)29-32)40-23-12-26-44-45(40)39-22-10-19-34(47(39)51-44)31-15-5-2-6-16-31/h1-29H. The second kappa shape index (κ2) is 11.7. The minimum absolute atomic E-state index is 0.882. The number of anilines is 3. The van der Waals surface area contributed by atoms with Crippen LogP contribution in [0.1, 0.15) is 0 Å². The average Bonchev–Trinajstić information content (AvgIpc) is 3.90. The van der Waals surface area contributed by atoms with Crippen molar-refractivity contribution in [2.24, 2.45) is 0 Å². The zero-order valence-corrected chi connectivity index (χ0v) is 29.5. The molecule has 11 aromatic rings. The summed E-state index contributed by atoms with van der Waals surface area (Å²) in [4.78, 5) is 2.47. The molecule has 4 heteroatoms. The van der Waals surface area contributed by atoms with E-state index in [1.54, 1.807) is 0 Å². The molecule has 2 nitrogen and oxygen atoms in total. The first-order valence-electron chi connectivity index (χ1n) is 17.5. The van der Waals surface area contributed by atoms with Gasteiger partial charge in [0.2, 0.25) is 0 Å². The molecule has 0 spiro atoms. The Bertz CT molecular complexity index is 3130. The number of hydrogen-bond donors (Lipinski definition) is 0. The van der Waals surface area contributed by atoms with Crippen molar-refractivity contribution in [3.8, 4) is 22.3 Å². The van der Waals surface area contributed by atoms with Crippen LogP contribution in [0.25, 0.3) is 84.5 Å². The molecule has 0 aliphatic rings. The van der Waals surface area contributed by atoms with Crippen LogP contribution in [0.4, 0.5) is 17.1 Å². The Hall–Kier alpha value is -6.20. The van der Waals surface area contributed by atoms with Crippen molar-refractivity contribution in [2.45, 2.75) is 0 Å². The maximum absolute atomic E-state index is 6.50. The molecule has 0 aliphatic carbocycles. The normalized spacial score (nSPS) is 11.8. The highest BCUT2D eigenvalue weighted by molar-refractivity contribution is 7.27. The summed E-state index contributed by atoms with van der Waals surface area (Å²) in [5, 5.41) is 7.32. The molecule has 3 heterocycles. The van der Waals surface area contributed by atoms with Crippen LogP contribution in [0.5, 0.6) is 0 Å². The number of rotatable bonds is 5. The molecule has 0 bridgehead atoms. The summed E-state index contributed by atoms with van der Waals surface area (Å²) >= 11 is 3.76. The van der Waals surface area contributed by atoms with Gasteiger partial charge in [0.15, 0.2) is 0 Å². The predicted octanol–water partition coefficient (Wildman–Crippen LogP) is 15.1. The van der Waals surface area contributed by atoms with Crippen molar-refractivity contribution in [3.63, 3.8) is 0 Å². The minimum atomic E-state index is 0.882. The molecule has 0 radical (unpaired) electrons. The predicted molar refractivity (Wildman–Crippen MR) is 225 cm³/mol. The van der Waals surface area contributed by atoms with Crippen molar-refractivity contribution >= 4 is 102 Å². The topological polar surface area (TPSA) is 16.4 Å². The fourth-order valence-electron chi connectivity index (χ4n) is 7.95. The Morgan fingerprint density at radius 3 is 1.73 bits per heavy atom. The minimum Gasteiger partial charge on any atom is -0.456 e. The van der Waals surface area contributed by atoms with Crippen LogP contribution in [-0.4, -0.2) is 0 Å². The molecule has 0 fully saturated rings. The van der Waals surface area contributed by atoms with E-state index in [1.165, 1.54) is 62.6 Å². The van der Waals surface area contributed by atoms with Crippen molar-refractivity contribution in [3.05, 3.63) is 176 Å². The molecule has 0 saturated heterocycles. The quantitative estimate of drug-likeness (QED) is 0.178. The Kier molecular flexibility index (Phi) is 6.63. The van der Waals surface area contributed by atoms with Gasteiger partial charge in [-0.3, -0.25) is 0 Å². The van der Waals surface area contributed by atoms with Crippen LogP contribution in [0, 0.1) is 0 Å². The molecular formula is C48H29NOS2. The number of benzene rings is 8. The first-order valence-corrected chi connectivity index (χ1v) is 19.1. The number of nitrogens with zero attached hydrogens (tertiary/aromatic N) is 1. The lowest BCUT2D eigenvalue weighted by atomic mass is 10.0. The highest BCUT2D eigenvalue weighted by Gasteiger charge is 2.24. The number of hydrogen-bond acceptors (Lipinski definition) is 4. The lowest BCUT2D eigenvalue weighted by Crippen LogP contribution is -2.10. The van der Waals surface area contributed by atoms with E-state index in [4.69, 9.17) is 4.42 Å². The summed E-state index contributed by atoms with van der Waals surface area (Å²) in [5.41, 5.74) is 10.1. The lowest BCUT2D eigenvalue weighted by Gasteiger charge is -2.27. The van der Waals surface area contributed by atoms with E-state index in [1.807, 2.05) is 28.7 Å². The third kappa shape index (κ3) is 4.48. The average molecular weight is 700 g/mol. The summed E-state index contributed by atoms with van der Waals surface area (Å²) < 4.78 is 11.6. The number of thiophene rings is 2. The van der Waals surface area contributed by atoms with Crippen LogP contribution in [-0.2, 0) is 0 Å². The maximum atomic E-state index is 6.50. The van der Waals surface area contributed by atoms with E-state index in [-0.39, 0.29) is 0 Å². The number of fused-ring (bicyclic) bond motifs is 9. The zero-order valence-electron chi connectivity index (χ0n) is 27.9. The first-order chi connectivity index (χ1) is 25.8. The van der Waals surface area contributed by atoms with Gasteiger partial charge in [0.25, 0.3) is 0 Å². The van der Waals surface area contributed by atoms with Gasteiger partial charge in [-0.1, -0.05) is 133 Å². The fourth-order valence-corrected chi connectivity index (χ4v) is 10.5. The van der Waals surface area contributed by atoms with Crippen LogP contribution in [0.15, 0.2) is 180 Å². The van der Waals surface area contributed by atoms with Gasteiger partial charge in [-0.05, 0) is 58.7 Å². The van der Waals surface area contributed by atoms with E-state index in [0.717, 1.165) is 39.0 Å². The van der Waals surface area contributed by atoms with Gasteiger partial charge in [-0.2, -0.15) is 0 Å². The van der Waals surface area contributed by atoms with E-state index in [2.05, 4.69) is 175 Å². The van der Waals surface area contributed by atoms with Crippen LogP contribution >= 0.6 is 22.7 Å². The van der Waals surface area contributed by atoms with E-state index in [9.17, 15) is 0 Å². The van der Waals surface area contributed by atoms with Gasteiger partial charge in [0.05, 0.1) is 16.1 Å². The first kappa shape index (κ1) is 29.5. The second-order valence-corrected chi connectivity index (χ2v) is 15.3. The third-order valence-electron chi connectivity index (χ3n) is 10.3. The molecule has 0 amide bonds. The molecule has 3 aromatic heterocycles. The lowest BCUT2D eigenvalue weighted by molar-refractivity contribution is 0.669. The SMILES string of the molecule is c1ccc(-c2cccc3c2sc2c(N(c4ccc5c(c4)oc4ccccc45)c4cccc5sc6c(-c7ccccc7)cccc6c45)cccc23)cc1. The number of furan rings is 1. The number of para-hydroxylation sites is 1. The third-order valence-corrected chi connectivity index (χ3v) is 12.8. The van der Waals surface area contributed by atoms with Gasteiger partial charge in [-0.15, -0.1) is 22.7 Å². The van der Waals surface area contributed by atoms with Gasteiger partial charge < -0.3 is 9.32 Å². The summed E-state index contributed by atoms with van der Waals surface area (Å²) in [5.74, 6) is 0. The van der Waals surface area contributed by atoms with Crippen LogP contribution < -0.4 is 4.90 Å². The van der Waals surface area contributed by atoms with Crippen molar-refractivity contribution in [1.29, 1.82) is 0 Å². The molecule has 0 atom stereocenters. The molecular weight excluding hydrogens is 671 g/mol. The molecule has 0 saturated carbocycles. The van der Waals surface area contributed by atoms with Crippen LogP contribution in [0.2, 0.25) is 0 Å². The Labute approximate surface area is 308 Å². The largest absolute Gasteiger partial charge is 0.456 e. The summed E-state index contributed by atoms with van der Waals surface area (Å²) in [6.45, 7) is 0. The van der Waals surface area contributed by atoms with Crippen LogP contribution in [0.3, 0.4) is 0 Å². The van der Waals surface area contributed by atoms with E-state index < -0.39 is 0 Å². The Morgan fingerprint density at radius 1 is 0.385 bits per heavy atom. The van der Waals surface area contributed by atoms with Crippen molar-refractivity contribution < 1.29 is 4.42 Å². The van der Waals surface area contributed by atoms with Gasteiger partial charge in [-0.25, -0.2) is 0 Å². The van der Waals surface area contributed by atoms with E-state index in [0.29, 0.717) is 0 Å². The van der Waals surface area contributed by atoms with Gasteiger partial charge in [0, 0.05) is 58.2 Å². The summed E-state index contributed by atoms with van der Waals surface area (Å²) in [7, 11) is 0. The monoisotopic (exact) mass is 699 g/mol. The van der Waals surface area contributed by atoms with Gasteiger partial charge >= 0.3 is 0 Å². The molecule has 244 valence electrons. The second-order valence-electron chi connectivity index (χ2n) is 13.2. The molecule has 52 heavy (non-hydrogen) atoms. The Morgan fingerprint density at radius 2 is 0.962 bits per heavy atom. The zero-order chi connectivity index (χ0) is 34.2. The highest BCUT2D eigenvalue weighted by Crippen LogP contribution is 2.51. The maximum Gasteiger partial charge on any atom is 0.137 e. The molecule has 0 unspecified atom stereocenters. The van der Waals surface area contributed by atoms with Crippen molar-refractivity contribution in [2.75, 3.05) is 4.90 Å². The highest BCUT2D eigenvalue weighted by atomic mass is 32.1. The Balaban J connectivity index is 1.22. The molecule has 0 N–H and O–H groups in total.